The predicted octanol–water partition coefficient (Wildman–Crippen LogP) is 3.07. The van der Waals surface area contributed by atoms with E-state index in [9.17, 15) is 4.79 Å². The highest BCUT2D eigenvalue weighted by Crippen LogP contribution is 2.21. The van der Waals surface area contributed by atoms with E-state index in [1.165, 1.54) is 0 Å². The SMILES string of the molecule is CC(C)CCC(=O)N1CCN(Cc2nc(NCCCN(C)C)c3ccccc3n2)CC1. The number of carbonyl (C=O) groups is 1. The third-order valence-corrected chi connectivity index (χ3v) is 5.75. The van der Waals surface area contributed by atoms with Crippen molar-refractivity contribution in [2.45, 2.75) is 39.7 Å². The summed E-state index contributed by atoms with van der Waals surface area (Å²) in [6.45, 7) is 10.3. The van der Waals surface area contributed by atoms with Crippen LogP contribution in [0.15, 0.2) is 24.3 Å². The molecular weight excluding hydrogens is 388 g/mol. The van der Waals surface area contributed by atoms with Crippen molar-refractivity contribution in [3.8, 4) is 0 Å². The van der Waals surface area contributed by atoms with Crippen LogP contribution < -0.4 is 5.32 Å². The number of anilines is 1. The summed E-state index contributed by atoms with van der Waals surface area (Å²) in [7, 11) is 4.19. The van der Waals surface area contributed by atoms with E-state index in [0.29, 0.717) is 24.8 Å². The third-order valence-electron chi connectivity index (χ3n) is 5.75. The lowest BCUT2D eigenvalue weighted by Gasteiger charge is -2.34. The molecule has 1 saturated heterocycles. The molecule has 0 radical (unpaired) electrons. The minimum atomic E-state index is 0.291. The maximum atomic E-state index is 12.4. The van der Waals surface area contributed by atoms with Crippen LogP contribution in [0.3, 0.4) is 0 Å². The van der Waals surface area contributed by atoms with Crippen LogP contribution in [0, 0.1) is 5.92 Å². The molecule has 1 aromatic heterocycles. The Morgan fingerprint density at radius 2 is 1.87 bits per heavy atom. The lowest BCUT2D eigenvalue weighted by Crippen LogP contribution is -2.48. The molecule has 0 unspecified atom stereocenters. The number of nitrogens with zero attached hydrogens (tertiary/aromatic N) is 5. The van der Waals surface area contributed by atoms with Crippen molar-refractivity contribution < 1.29 is 4.79 Å². The zero-order valence-electron chi connectivity index (χ0n) is 19.6. The second kappa shape index (κ2) is 11.4. The van der Waals surface area contributed by atoms with E-state index in [1.54, 1.807) is 0 Å². The fraction of sp³-hybridized carbons (Fsp3) is 0.625. The summed E-state index contributed by atoms with van der Waals surface area (Å²) < 4.78 is 0. The highest BCUT2D eigenvalue weighted by atomic mass is 16.2. The summed E-state index contributed by atoms with van der Waals surface area (Å²) in [5.74, 6) is 2.62. The lowest BCUT2D eigenvalue weighted by molar-refractivity contribution is -0.133. The molecule has 2 aromatic rings. The van der Waals surface area contributed by atoms with Crippen LogP contribution in [0.1, 0.15) is 38.9 Å². The maximum absolute atomic E-state index is 12.4. The number of rotatable bonds is 10. The Morgan fingerprint density at radius 3 is 2.58 bits per heavy atom. The minimum absolute atomic E-state index is 0.291. The zero-order valence-corrected chi connectivity index (χ0v) is 19.6. The van der Waals surface area contributed by atoms with Gasteiger partial charge in [-0.25, -0.2) is 9.97 Å². The first-order valence-electron chi connectivity index (χ1n) is 11.6. The highest BCUT2D eigenvalue weighted by Gasteiger charge is 2.22. The van der Waals surface area contributed by atoms with E-state index in [2.05, 4.69) is 55.2 Å². The van der Waals surface area contributed by atoms with Gasteiger partial charge in [0.25, 0.3) is 0 Å². The van der Waals surface area contributed by atoms with Crippen LogP contribution in [-0.2, 0) is 11.3 Å². The monoisotopic (exact) mass is 426 g/mol. The summed E-state index contributed by atoms with van der Waals surface area (Å²) >= 11 is 0. The molecule has 1 aromatic carbocycles. The average Bonchev–Trinajstić information content (AvgIpc) is 2.75. The first-order chi connectivity index (χ1) is 14.9. The smallest absolute Gasteiger partial charge is 0.222 e. The number of aromatic nitrogens is 2. The van der Waals surface area contributed by atoms with Crippen molar-refractivity contribution in [1.82, 2.24) is 24.7 Å². The molecule has 1 amide bonds. The van der Waals surface area contributed by atoms with Crippen molar-refractivity contribution >= 4 is 22.6 Å². The van der Waals surface area contributed by atoms with Gasteiger partial charge in [-0.3, -0.25) is 9.69 Å². The van der Waals surface area contributed by atoms with Gasteiger partial charge in [0, 0.05) is 44.5 Å². The highest BCUT2D eigenvalue weighted by molar-refractivity contribution is 5.88. The molecule has 1 fully saturated rings. The molecule has 31 heavy (non-hydrogen) atoms. The van der Waals surface area contributed by atoms with Crippen LogP contribution in [0.25, 0.3) is 10.9 Å². The molecule has 1 N–H and O–H groups in total. The summed E-state index contributed by atoms with van der Waals surface area (Å²) in [4.78, 5) is 28.6. The molecule has 3 rings (SSSR count). The molecule has 0 saturated carbocycles. The van der Waals surface area contributed by atoms with Crippen LogP contribution in [-0.4, -0.2) is 83.9 Å². The number of amides is 1. The van der Waals surface area contributed by atoms with Crippen LogP contribution >= 0.6 is 0 Å². The van der Waals surface area contributed by atoms with Crippen LogP contribution in [0.5, 0.6) is 0 Å². The molecule has 2 heterocycles. The Kier molecular flexibility index (Phi) is 8.60. The zero-order chi connectivity index (χ0) is 22.2. The molecule has 170 valence electrons. The van der Waals surface area contributed by atoms with E-state index in [4.69, 9.17) is 9.97 Å². The molecule has 1 aliphatic heterocycles. The van der Waals surface area contributed by atoms with Gasteiger partial charge in [-0.15, -0.1) is 0 Å². The number of nitrogens with one attached hydrogen (secondary N) is 1. The summed E-state index contributed by atoms with van der Waals surface area (Å²) in [5, 5.41) is 4.58. The minimum Gasteiger partial charge on any atom is -0.369 e. The Bertz CT molecular complexity index is 845. The molecule has 7 nitrogen and oxygen atoms in total. The molecular formula is C24H38N6O. The summed E-state index contributed by atoms with van der Waals surface area (Å²) in [6.07, 6.45) is 2.69. The van der Waals surface area contributed by atoms with Crippen molar-refractivity contribution in [2.24, 2.45) is 5.92 Å². The first-order valence-corrected chi connectivity index (χ1v) is 11.6. The molecule has 7 heteroatoms. The average molecular weight is 427 g/mol. The van der Waals surface area contributed by atoms with Crippen LogP contribution in [0.2, 0.25) is 0 Å². The fourth-order valence-electron chi connectivity index (χ4n) is 3.86. The van der Waals surface area contributed by atoms with Gasteiger partial charge in [0.2, 0.25) is 5.91 Å². The quantitative estimate of drug-likeness (QED) is 0.589. The van der Waals surface area contributed by atoms with Crippen molar-refractivity contribution in [2.75, 3.05) is 58.7 Å². The van der Waals surface area contributed by atoms with Gasteiger partial charge >= 0.3 is 0 Å². The van der Waals surface area contributed by atoms with Gasteiger partial charge in [-0.05, 0) is 51.5 Å². The van der Waals surface area contributed by atoms with Crippen LogP contribution in [0.4, 0.5) is 5.82 Å². The Balaban J connectivity index is 1.59. The molecule has 0 bridgehead atoms. The van der Waals surface area contributed by atoms with Gasteiger partial charge in [0.15, 0.2) is 0 Å². The van der Waals surface area contributed by atoms with E-state index in [-0.39, 0.29) is 0 Å². The van der Waals surface area contributed by atoms with Gasteiger partial charge in [-0.2, -0.15) is 0 Å². The summed E-state index contributed by atoms with van der Waals surface area (Å²) in [6, 6.07) is 8.19. The molecule has 0 aliphatic carbocycles. The summed E-state index contributed by atoms with van der Waals surface area (Å²) in [5.41, 5.74) is 0.977. The van der Waals surface area contributed by atoms with Gasteiger partial charge < -0.3 is 15.1 Å². The molecule has 1 aliphatic rings. The maximum Gasteiger partial charge on any atom is 0.222 e. The normalized spacial score (nSPS) is 15.2. The number of para-hydroxylation sites is 1. The van der Waals surface area contributed by atoms with Gasteiger partial charge in [0.1, 0.15) is 11.6 Å². The van der Waals surface area contributed by atoms with E-state index < -0.39 is 0 Å². The molecule has 0 spiro atoms. The second-order valence-electron chi connectivity index (χ2n) is 9.18. The second-order valence-corrected chi connectivity index (χ2v) is 9.18. The number of carbonyl (C=O) groups excluding carboxylic acids is 1. The third kappa shape index (κ3) is 7.14. The predicted molar refractivity (Wildman–Crippen MR) is 127 cm³/mol. The largest absolute Gasteiger partial charge is 0.369 e. The van der Waals surface area contributed by atoms with Crippen molar-refractivity contribution in [1.29, 1.82) is 0 Å². The van der Waals surface area contributed by atoms with E-state index in [1.807, 2.05) is 17.0 Å². The standard InChI is InChI=1S/C24H38N6O/c1-19(2)10-11-23(31)30-16-14-29(15-17-30)18-22-26-21-9-6-5-8-20(21)24(27-22)25-12-7-13-28(3)4/h5-6,8-9,19H,7,10-18H2,1-4H3,(H,25,26,27). The number of piperazine rings is 1. The number of fused-ring (bicyclic) bond motifs is 1. The number of hydrogen-bond acceptors (Lipinski definition) is 6. The van der Waals surface area contributed by atoms with E-state index in [0.717, 1.165) is 74.7 Å². The fourth-order valence-corrected chi connectivity index (χ4v) is 3.86. The van der Waals surface area contributed by atoms with Crippen molar-refractivity contribution in [3.05, 3.63) is 30.1 Å². The molecule has 0 atom stereocenters. The van der Waals surface area contributed by atoms with Gasteiger partial charge in [-0.1, -0.05) is 26.0 Å². The Labute approximate surface area is 186 Å². The van der Waals surface area contributed by atoms with Crippen molar-refractivity contribution in [3.63, 3.8) is 0 Å². The Morgan fingerprint density at radius 1 is 1.13 bits per heavy atom. The topological polar surface area (TPSA) is 64.6 Å². The number of hydrogen-bond donors (Lipinski definition) is 1. The Hall–Kier alpha value is -2.25. The first kappa shape index (κ1) is 23.4. The van der Waals surface area contributed by atoms with E-state index >= 15 is 0 Å². The van der Waals surface area contributed by atoms with Gasteiger partial charge in [0.05, 0.1) is 12.1 Å². The number of benzene rings is 1. The lowest BCUT2D eigenvalue weighted by atomic mass is 10.1.